The number of aryl methyl sites for hydroxylation is 1. The van der Waals surface area contributed by atoms with Gasteiger partial charge >= 0.3 is 5.97 Å². The molecule has 0 aliphatic heterocycles. The van der Waals surface area contributed by atoms with Gasteiger partial charge in [-0.1, -0.05) is 12.1 Å². The highest BCUT2D eigenvalue weighted by atomic mass is 16.4. The minimum Gasteiger partial charge on any atom is -0.507 e. The monoisotopic (exact) mass is 394 g/mol. The molecular formula is C21H18N2O6. The van der Waals surface area contributed by atoms with Crippen molar-refractivity contribution < 1.29 is 24.9 Å². The molecular weight excluding hydrogens is 376 g/mol. The van der Waals surface area contributed by atoms with E-state index in [1.54, 1.807) is 31.2 Å². The molecule has 8 heteroatoms. The third-order valence-electron chi connectivity index (χ3n) is 4.44. The highest BCUT2D eigenvalue weighted by molar-refractivity contribution is 6.09. The van der Waals surface area contributed by atoms with Crippen molar-refractivity contribution in [3.8, 4) is 11.5 Å². The first kappa shape index (κ1) is 19.7. The molecule has 3 aromatic rings. The van der Waals surface area contributed by atoms with E-state index in [9.17, 15) is 24.6 Å². The molecule has 29 heavy (non-hydrogen) atoms. The number of allylic oxidation sites excluding steroid dienone is 2. The maximum atomic E-state index is 12.7. The quantitative estimate of drug-likeness (QED) is 0.387. The Labute approximate surface area is 165 Å². The number of aromatic hydroxyl groups is 2. The van der Waals surface area contributed by atoms with E-state index < -0.39 is 23.1 Å². The summed E-state index contributed by atoms with van der Waals surface area (Å²) in [5, 5.41) is 32.4. The molecule has 0 fully saturated rings. The van der Waals surface area contributed by atoms with Crippen LogP contribution in [-0.2, 0) is 7.05 Å². The number of rotatable bonds is 5. The van der Waals surface area contributed by atoms with Crippen molar-refractivity contribution in [2.75, 3.05) is 5.32 Å². The molecule has 0 amide bonds. The Balaban J connectivity index is 1.95. The number of pyridine rings is 1. The van der Waals surface area contributed by atoms with Gasteiger partial charge in [0.15, 0.2) is 5.78 Å². The lowest BCUT2D eigenvalue weighted by Crippen LogP contribution is -2.24. The number of anilines is 1. The van der Waals surface area contributed by atoms with Gasteiger partial charge in [0.2, 0.25) is 0 Å². The number of phenols is 1. The third kappa shape index (κ3) is 3.68. The van der Waals surface area contributed by atoms with Crippen molar-refractivity contribution in [1.29, 1.82) is 0 Å². The lowest BCUT2D eigenvalue weighted by Gasteiger charge is -2.11. The molecule has 0 spiro atoms. The van der Waals surface area contributed by atoms with Crippen LogP contribution in [0.5, 0.6) is 11.5 Å². The summed E-state index contributed by atoms with van der Waals surface area (Å²) in [5.41, 5.74) is -0.0517. The van der Waals surface area contributed by atoms with E-state index in [1.807, 2.05) is 0 Å². The Morgan fingerprint density at radius 2 is 1.79 bits per heavy atom. The minimum absolute atomic E-state index is 0.252. The van der Waals surface area contributed by atoms with Gasteiger partial charge in [-0.15, -0.1) is 0 Å². The number of carboxylic acids is 1. The molecule has 0 saturated heterocycles. The van der Waals surface area contributed by atoms with Crippen LogP contribution in [0.2, 0.25) is 0 Å². The number of aromatic nitrogens is 1. The highest BCUT2D eigenvalue weighted by Crippen LogP contribution is 2.27. The molecule has 0 atom stereocenters. The predicted molar refractivity (Wildman–Crippen MR) is 108 cm³/mol. The normalized spacial score (nSPS) is 11.4. The molecule has 4 N–H and O–H groups in total. The summed E-state index contributed by atoms with van der Waals surface area (Å²) in [6.07, 6.45) is 1.15. The van der Waals surface area contributed by atoms with Crippen LogP contribution < -0.4 is 10.9 Å². The number of hydrogen-bond acceptors (Lipinski definition) is 6. The van der Waals surface area contributed by atoms with Crippen molar-refractivity contribution >= 4 is 28.3 Å². The van der Waals surface area contributed by atoms with Crippen LogP contribution in [0.3, 0.4) is 0 Å². The van der Waals surface area contributed by atoms with E-state index in [0.717, 1.165) is 6.08 Å². The first-order valence-corrected chi connectivity index (χ1v) is 8.57. The SMILES string of the molecule is C/C(=C\C(=O)c1c(O)c2ccccc2n(C)c1=O)Nc1ccc(C(=O)O)c(O)c1. The van der Waals surface area contributed by atoms with Gasteiger partial charge in [-0.05, 0) is 31.2 Å². The molecule has 8 nitrogen and oxygen atoms in total. The summed E-state index contributed by atoms with van der Waals surface area (Å²) in [7, 11) is 1.52. The van der Waals surface area contributed by atoms with Gasteiger partial charge in [0.1, 0.15) is 22.6 Å². The molecule has 0 bridgehead atoms. The second kappa shape index (κ2) is 7.51. The summed E-state index contributed by atoms with van der Waals surface area (Å²) in [6, 6.07) is 10.6. The maximum Gasteiger partial charge on any atom is 0.339 e. The molecule has 3 rings (SSSR count). The summed E-state index contributed by atoms with van der Waals surface area (Å²) >= 11 is 0. The fourth-order valence-electron chi connectivity index (χ4n) is 3.02. The van der Waals surface area contributed by atoms with Crippen LogP contribution in [0.25, 0.3) is 10.9 Å². The van der Waals surface area contributed by atoms with Crippen molar-refractivity contribution in [1.82, 2.24) is 4.57 Å². The fourth-order valence-corrected chi connectivity index (χ4v) is 3.02. The summed E-state index contributed by atoms with van der Waals surface area (Å²) in [5.74, 6) is -2.77. The van der Waals surface area contributed by atoms with E-state index in [4.69, 9.17) is 5.11 Å². The zero-order valence-corrected chi connectivity index (χ0v) is 15.6. The van der Waals surface area contributed by atoms with Gasteiger partial charge in [-0.25, -0.2) is 4.79 Å². The number of carbonyl (C=O) groups is 2. The first-order valence-electron chi connectivity index (χ1n) is 8.57. The fraction of sp³-hybridized carbons (Fsp3) is 0.0952. The Bertz CT molecular complexity index is 1240. The Morgan fingerprint density at radius 1 is 1.10 bits per heavy atom. The topological polar surface area (TPSA) is 129 Å². The van der Waals surface area contributed by atoms with Crippen LogP contribution in [0.15, 0.2) is 59.0 Å². The summed E-state index contributed by atoms with van der Waals surface area (Å²) in [6.45, 7) is 1.56. The van der Waals surface area contributed by atoms with E-state index in [-0.39, 0.29) is 16.9 Å². The van der Waals surface area contributed by atoms with Gasteiger partial charge in [-0.3, -0.25) is 9.59 Å². The summed E-state index contributed by atoms with van der Waals surface area (Å²) < 4.78 is 1.29. The molecule has 2 aromatic carbocycles. The highest BCUT2D eigenvalue weighted by Gasteiger charge is 2.19. The smallest absolute Gasteiger partial charge is 0.339 e. The Kier molecular flexibility index (Phi) is 5.10. The predicted octanol–water partition coefficient (Wildman–Crippen LogP) is 2.85. The minimum atomic E-state index is -1.26. The van der Waals surface area contributed by atoms with E-state index in [0.29, 0.717) is 22.3 Å². The molecule has 1 aromatic heterocycles. The number of fused-ring (bicyclic) bond motifs is 1. The molecule has 0 radical (unpaired) electrons. The summed E-state index contributed by atoms with van der Waals surface area (Å²) in [4.78, 5) is 36.2. The number of ketones is 1. The lowest BCUT2D eigenvalue weighted by atomic mass is 10.1. The zero-order chi connectivity index (χ0) is 21.3. The van der Waals surface area contributed by atoms with Crippen LogP contribution in [-0.4, -0.2) is 31.6 Å². The average Bonchev–Trinajstić information content (AvgIpc) is 2.66. The van der Waals surface area contributed by atoms with E-state index >= 15 is 0 Å². The Hall–Kier alpha value is -4.07. The zero-order valence-electron chi connectivity index (χ0n) is 15.6. The number of nitrogens with one attached hydrogen (secondary N) is 1. The van der Waals surface area contributed by atoms with Gasteiger partial charge in [0.05, 0.1) is 5.52 Å². The first-order chi connectivity index (χ1) is 13.7. The van der Waals surface area contributed by atoms with Crippen LogP contribution in [0.1, 0.15) is 27.6 Å². The third-order valence-corrected chi connectivity index (χ3v) is 4.44. The number of nitrogens with zero attached hydrogens (tertiary/aromatic N) is 1. The molecule has 0 aliphatic rings. The standard InChI is InChI=1S/C21H18N2O6/c1-11(22-12-7-8-14(21(28)29)16(24)10-12)9-17(25)18-19(26)13-5-3-4-6-15(13)23(2)20(18)27/h3-10,22,24,26H,1-2H3,(H,28,29)/b11-9+. The van der Waals surface area contributed by atoms with Gasteiger partial charge in [0.25, 0.3) is 5.56 Å². The second-order valence-electron chi connectivity index (χ2n) is 6.46. The van der Waals surface area contributed by atoms with Crippen LogP contribution >= 0.6 is 0 Å². The second-order valence-corrected chi connectivity index (χ2v) is 6.46. The van der Waals surface area contributed by atoms with Crippen LogP contribution in [0, 0.1) is 0 Å². The number of aromatic carboxylic acids is 1. The van der Waals surface area contributed by atoms with Crippen molar-refractivity contribution in [3.05, 3.63) is 75.7 Å². The van der Waals surface area contributed by atoms with Crippen molar-refractivity contribution in [2.24, 2.45) is 7.05 Å². The van der Waals surface area contributed by atoms with Gasteiger partial charge in [0, 0.05) is 36.0 Å². The molecule has 0 aliphatic carbocycles. The largest absolute Gasteiger partial charge is 0.507 e. The van der Waals surface area contributed by atoms with Gasteiger partial charge in [-0.2, -0.15) is 0 Å². The van der Waals surface area contributed by atoms with Crippen LogP contribution in [0.4, 0.5) is 5.69 Å². The van der Waals surface area contributed by atoms with E-state index in [1.165, 1.54) is 29.8 Å². The number of hydrogen-bond donors (Lipinski definition) is 4. The van der Waals surface area contributed by atoms with Crippen molar-refractivity contribution in [3.63, 3.8) is 0 Å². The molecule has 0 saturated carbocycles. The van der Waals surface area contributed by atoms with Gasteiger partial charge < -0.3 is 25.2 Å². The Morgan fingerprint density at radius 3 is 2.45 bits per heavy atom. The van der Waals surface area contributed by atoms with E-state index in [2.05, 4.69) is 5.32 Å². The number of carboxylic acid groups (broad SMARTS) is 1. The number of carbonyl (C=O) groups excluding carboxylic acids is 1. The number of para-hydroxylation sites is 1. The molecule has 148 valence electrons. The van der Waals surface area contributed by atoms with Crippen molar-refractivity contribution in [2.45, 2.75) is 6.92 Å². The number of benzene rings is 2. The maximum absolute atomic E-state index is 12.7. The lowest BCUT2D eigenvalue weighted by molar-refractivity contribution is 0.0693. The average molecular weight is 394 g/mol. The molecule has 0 unspecified atom stereocenters. The molecule has 1 heterocycles.